The Bertz CT molecular complexity index is 1790. The van der Waals surface area contributed by atoms with Gasteiger partial charge >= 0.3 is 5.97 Å². The summed E-state index contributed by atoms with van der Waals surface area (Å²) >= 11 is 6.14. The van der Waals surface area contributed by atoms with Crippen LogP contribution in [0.1, 0.15) is 53.6 Å². The number of primary amides is 1. The van der Waals surface area contributed by atoms with Crippen LogP contribution in [0.5, 0.6) is 5.75 Å². The Morgan fingerprint density at radius 2 is 1.68 bits per heavy atom. The Labute approximate surface area is 275 Å². The van der Waals surface area contributed by atoms with Crippen molar-refractivity contribution in [3.8, 4) is 5.75 Å². The van der Waals surface area contributed by atoms with Crippen LogP contribution < -0.4 is 5.73 Å². The summed E-state index contributed by atoms with van der Waals surface area (Å²) in [4.78, 5) is 56.2. The molecule has 2 aromatic carbocycles. The Morgan fingerprint density at radius 1 is 1.02 bits per heavy atom. The van der Waals surface area contributed by atoms with Crippen LogP contribution in [0.25, 0.3) is 11.6 Å². The van der Waals surface area contributed by atoms with Crippen molar-refractivity contribution >= 4 is 46.7 Å². The number of carbonyl (C=O) groups excluding carboxylic acids is 4. The van der Waals surface area contributed by atoms with E-state index in [1.54, 1.807) is 36.4 Å². The quantitative estimate of drug-likeness (QED) is 0.232. The second-order valence-corrected chi connectivity index (χ2v) is 13.2. The smallest absolute Gasteiger partial charge is 0.309 e. The van der Waals surface area contributed by atoms with Crippen molar-refractivity contribution in [2.75, 3.05) is 14.1 Å². The highest BCUT2D eigenvalue weighted by Gasteiger charge is 2.68. The largest absolute Gasteiger partial charge is 0.510 e. The van der Waals surface area contributed by atoms with E-state index in [1.807, 2.05) is 0 Å². The third-order valence-corrected chi connectivity index (χ3v) is 10.1. The summed E-state index contributed by atoms with van der Waals surface area (Å²) in [6.07, 6.45) is 3.79. The number of carbonyl (C=O) groups is 4. The molecule has 2 aromatic rings. The second kappa shape index (κ2) is 12.0. The van der Waals surface area contributed by atoms with Crippen LogP contribution in [0.15, 0.2) is 65.1 Å². The number of phenolic OH excluding ortho intramolecular Hbond substituents is 1. The Kier molecular flexibility index (Phi) is 8.27. The molecule has 47 heavy (non-hydrogen) atoms. The minimum atomic E-state index is -3.03. The van der Waals surface area contributed by atoms with Crippen LogP contribution in [0.4, 0.5) is 0 Å². The van der Waals surface area contributed by atoms with Gasteiger partial charge in [-0.2, -0.15) is 0 Å². The van der Waals surface area contributed by atoms with E-state index in [0.29, 0.717) is 29.0 Å². The van der Waals surface area contributed by atoms with Gasteiger partial charge in [-0.1, -0.05) is 61.2 Å². The summed E-state index contributed by atoms with van der Waals surface area (Å²) in [5, 5.41) is 47.1. The predicted molar refractivity (Wildman–Crippen MR) is 171 cm³/mol. The first kappa shape index (κ1) is 32.5. The van der Waals surface area contributed by atoms with Crippen molar-refractivity contribution in [2.45, 2.75) is 49.9 Å². The number of ketones is 2. The van der Waals surface area contributed by atoms with Gasteiger partial charge in [0.1, 0.15) is 28.9 Å². The zero-order valence-corrected chi connectivity index (χ0v) is 26.5. The first-order chi connectivity index (χ1) is 22.3. The van der Waals surface area contributed by atoms with E-state index in [2.05, 4.69) is 0 Å². The summed E-state index contributed by atoms with van der Waals surface area (Å²) in [5.74, 6) is -9.99. The predicted octanol–water partition coefficient (Wildman–Crippen LogP) is 3.87. The number of Topliss-reactive ketones (excluding diaryl/α,β-unsaturated/α-hetero) is 2. The lowest BCUT2D eigenvalue weighted by Gasteiger charge is -2.53. The lowest BCUT2D eigenvalue weighted by Crippen LogP contribution is -2.68. The monoisotopic (exact) mass is 662 g/mol. The average molecular weight is 663 g/mol. The van der Waals surface area contributed by atoms with E-state index in [1.165, 1.54) is 31.1 Å². The molecular formula is C35H35ClN2O9. The molecule has 5 atom stereocenters. The maximum absolute atomic E-state index is 14.3. The van der Waals surface area contributed by atoms with E-state index in [4.69, 9.17) is 22.1 Å². The Morgan fingerprint density at radius 3 is 2.30 bits per heavy atom. The number of aliphatic hydroxyl groups excluding tert-OH is 2. The minimum absolute atomic E-state index is 0.203. The number of ether oxygens (including phenoxy) is 1. The first-order valence-corrected chi connectivity index (χ1v) is 15.8. The summed E-state index contributed by atoms with van der Waals surface area (Å²) in [7, 11) is 3.02. The zero-order chi connectivity index (χ0) is 33.9. The van der Waals surface area contributed by atoms with Crippen molar-refractivity contribution in [1.82, 2.24) is 4.90 Å². The molecule has 12 heteroatoms. The highest BCUT2D eigenvalue weighted by atomic mass is 35.5. The molecule has 1 fully saturated rings. The molecule has 11 nitrogen and oxygen atoms in total. The highest BCUT2D eigenvalue weighted by Crippen LogP contribution is 2.56. The molecule has 246 valence electrons. The van der Waals surface area contributed by atoms with Gasteiger partial charge in [-0.3, -0.25) is 24.1 Å². The molecule has 1 amide bonds. The molecule has 0 radical (unpaired) electrons. The van der Waals surface area contributed by atoms with E-state index in [-0.39, 0.29) is 11.1 Å². The van der Waals surface area contributed by atoms with Crippen LogP contribution in [0, 0.1) is 17.8 Å². The number of aliphatic hydroxyl groups is 3. The molecule has 6 rings (SSSR count). The van der Waals surface area contributed by atoms with Crippen LogP contribution in [0.2, 0.25) is 5.02 Å². The van der Waals surface area contributed by atoms with Gasteiger partial charge in [-0.15, -0.1) is 0 Å². The number of hydrogen-bond donors (Lipinski definition) is 5. The molecule has 4 aliphatic carbocycles. The van der Waals surface area contributed by atoms with Gasteiger partial charge in [0.15, 0.2) is 11.4 Å². The maximum Gasteiger partial charge on any atom is 0.309 e. The van der Waals surface area contributed by atoms with Gasteiger partial charge in [0.05, 0.1) is 34.9 Å². The van der Waals surface area contributed by atoms with Crippen molar-refractivity contribution in [1.29, 1.82) is 0 Å². The molecule has 1 saturated carbocycles. The molecule has 0 heterocycles. The summed E-state index contributed by atoms with van der Waals surface area (Å²) in [5.41, 5.74) is 2.04. The molecule has 4 aliphatic rings. The minimum Gasteiger partial charge on any atom is -0.510 e. The third kappa shape index (κ3) is 5.04. The Hall–Kier alpha value is -4.45. The molecule has 0 spiro atoms. The van der Waals surface area contributed by atoms with Gasteiger partial charge in [0, 0.05) is 5.02 Å². The van der Waals surface area contributed by atoms with Gasteiger partial charge in [-0.25, -0.2) is 0 Å². The summed E-state index contributed by atoms with van der Waals surface area (Å²) in [6.45, 7) is 0. The van der Waals surface area contributed by atoms with Crippen molar-refractivity contribution in [2.24, 2.45) is 23.5 Å². The fraction of sp³-hybridized carbons (Fsp3) is 0.371. The van der Waals surface area contributed by atoms with Crippen molar-refractivity contribution in [3.05, 3.63) is 86.8 Å². The number of esters is 1. The molecule has 0 aromatic heterocycles. The lowest BCUT2D eigenvalue weighted by molar-refractivity contribution is -0.181. The van der Waals surface area contributed by atoms with Crippen molar-refractivity contribution in [3.63, 3.8) is 0 Å². The number of nitrogens with two attached hydrogens (primary N) is 1. The fourth-order valence-electron chi connectivity index (χ4n) is 7.73. The van der Waals surface area contributed by atoms with Crippen LogP contribution in [-0.2, 0) is 19.1 Å². The van der Waals surface area contributed by atoms with Gasteiger partial charge in [0.25, 0.3) is 5.91 Å². The number of phenols is 1. The van der Waals surface area contributed by atoms with Crippen LogP contribution in [0.3, 0.4) is 0 Å². The number of rotatable bonds is 5. The number of halogens is 1. The van der Waals surface area contributed by atoms with E-state index in [0.717, 1.165) is 19.3 Å². The molecule has 0 unspecified atom stereocenters. The van der Waals surface area contributed by atoms with Crippen molar-refractivity contribution < 1.29 is 44.3 Å². The van der Waals surface area contributed by atoms with Gasteiger partial charge in [-0.05, 0) is 61.8 Å². The molecule has 0 aliphatic heterocycles. The van der Waals surface area contributed by atoms with Crippen LogP contribution >= 0.6 is 11.6 Å². The third-order valence-electron chi connectivity index (χ3n) is 9.89. The standard InChI is InChI=1S/C35H35ClN2O9/c1-38(2)27-26-30(47-34(45)17-7-4-3-5-8-17)23-20(15-16-11-13-18(36)14-12-16)19-9-6-10-21(39)22(19)28(40)24(23)31(42)35(26,46)32(43)25(29(27)41)33(37)44/h6,9-15,17,23,26-27,30,39,41-42,46H,3-5,7-8H2,1-2H3,(H2,37,44)/b20-15+/t23-,26-,27+,30+,35-/m1/s1. The number of fused-ring (bicyclic) bond motifs is 3. The van der Waals surface area contributed by atoms with E-state index < -0.39 is 87.4 Å². The average Bonchev–Trinajstić information content (AvgIpc) is 3.03. The highest BCUT2D eigenvalue weighted by molar-refractivity contribution is 6.30. The SMILES string of the molecule is CN(C)[C@@H]1C(O)=C(C(N)=O)C(=O)[C@]2(O)C(O)=C3C(=O)c4c(O)cccc4/C(=C\c4ccc(Cl)cc4)[C@H]3[C@H](OC(=O)C3CCCCC3)[C@@H]12. The molecule has 6 N–H and O–H groups in total. The number of benzene rings is 2. The number of nitrogens with zero attached hydrogens (tertiary/aromatic N) is 1. The zero-order valence-electron chi connectivity index (χ0n) is 25.8. The number of hydrogen-bond acceptors (Lipinski definition) is 10. The number of aromatic hydroxyl groups is 1. The molecule has 0 saturated heterocycles. The summed E-state index contributed by atoms with van der Waals surface area (Å²) in [6, 6.07) is 9.75. The molecule has 0 bridgehead atoms. The molecular weight excluding hydrogens is 628 g/mol. The van der Waals surface area contributed by atoms with Crippen LogP contribution in [-0.4, -0.2) is 80.6 Å². The first-order valence-electron chi connectivity index (χ1n) is 15.4. The van der Waals surface area contributed by atoms with E-state index >= 15 is 0 Å². The maximum atomic E-state index is 14.3. The van der Waals surface area contributed by atoms with Gasteiger partial charge in [0.2, 0.25) is 5.78 Å². The fourth-order valence-corrected chi connectivity index (χ4v) is 7.86. The summed E-state index contributed by atoms with van der Waals surface area (Å²) < 4.78 is 6.29. The van der Waals surface area contributed by atoms with Gasteiger partial charge < -0.3 is 30.9 Å². The lowest BCUT2D eigenvalue weighted by atomic mass is 9.56. The normalized spacial score (nSPS) is 28.7. The number of likely N-dealkylation sites (N-methyl/N-ethyl adjacent to an activating group) is 1. The van der Waals surface area contributed by atoms with E-state index in [9.17, 15) is 39.6 Å². The Balaban J connectivity index is 1.68. The number of amides is 1. The topological polar surface area (TPSA) is 188 Å². The second-order valence-electron chi connectivity index (χ2n) is 12.8.